The molecule has 1 saturated heterocycles. The van der Waals surface area contributed by atoms with E-state index in [-0.39, 0.29) is 0 Å². The molecule has 0 saturated carbocycles. The fraction of sp³-hybridized carbons (Fsp3) is 0.600. The predicted molar refractivity (Wildman–Crippen MR) is 52.8 cm³/mol. The second-order valence-electron chi connectivity index (χ2n) is 3.58. The molecule has 3 heteroatoms. The molecule has 1 aliphatic rings. The monoisotopic (exact) mass is 177 g/mol. The van der Waals surface area contributed by atoms with Crippen molar-refractivity contribution in [3.63, 3.8) is 0 Å². The molecule has 0 spiro atoms. The third kappa shape index (κ3) is 1.79. The van der Waals surface area contributed by atoms with Crippen LogP contribution in [-0.2, 0) is 0 Å². The molecule has 1 aliphatic heterocycles. The zero-order chi connectivity index (χ0) is 9.10. The van der Waals surface area contributed by atoms with Crippen LogP contribution in [0.5, 0.6) is 0 Å². The molecule has 0 unspecified atom stereocenters. The summed E-state index contributed by atoms with van der Waals surface area (Å²) in [5.74, 6) is 1.12. The van der Waals surface area contributed by atoms with Gasteiger partial charge >= 0.3 is 0 Å². The van der Waals surface area contributed by atoms with Crippen molar-refractivity contribution in [3.8, 4) is 0 Å². The number of rotatable bonds is 1. The van der Waals surface area contributed by atoms with E-state index in [2.05, 4.69) is 21.8 Å². The number of nitrogens with zero attached hydrogens (tertiary/aromatic N) is 3. The van der Waals surface area contributed by atoms with Crippen LogP contribution in [0.4, 0.5) is 5.82 Å². The van der Waals surface area contributed by atoms with Gasteiger partial charge in [-0.1, -0.05) is 0 Å². The fourth-order valence-electron chi connectivity index (χ4n) is 1.83. The Balaban J connectivity index is 2.18. The molecule has 1 aromatic heterocycles. The Morgan fingerprint density at radius 2 is 2.00 bits per heavy atom. The lowest BCUT2D eigenvalue weighted by Crippen LogP contribution is -2.30. The van der Waals surface area contributed by atoms with Gasteiger partial charge in [-0.3, -0.25) is 0 Å². The minimum Gasteiger partial charge on any atom is -0.356 e. The summed E-state index contributed by atoms with van der Waals surface area (Å²) in [5, 5.41) is 0. The van der Waals surface area contributed by atoms with Crippen molar-refractivity contribution in [2.45, 2.75) is 26.2 Å². The molecule has 2 rings (SSSR count). The molecule has 1 aromatic rings. The first-order valence-corrected chi connectivity index (χ1v) is 4.89. The quantitative estimate of drug-likeness (QED) is 0.654. The Labute approximate surface area is 78.8 Å². The van der Waals surface area contributed by atoms with Crippen LogP contribution < -0.4 is 4.90 Å². The standard InChI is InChI=1S/C10H15N3/c1-9-7-11-8-12-10(9)13-5-3-2-4-6-13/h7-8H,2-6H2,1H3. The van der Waals surface area contributed by atoms with Crippen molar-refractivity contribution in [1.82, 2.24) is 9.97 Å². The van der Waals surface area contributed by atoms with Gasteiger partial charge in [0.2, 0.25) is 0 Å². The van der Waals surface area contributed by atoms with Gasteiger partial charge in [0, 0.05) is 24.8 Å². The number of hydrogen-bond acceptors (Lipinski definition) is 3. The van der Waals surface area contributed by atoms with Gasteiger partial charge in [-0.25, -0.2) is 9.97 Å². The molecule has 70 valence electrons. The maximum absolute atomic E-state index is 4.32. The zero-order valence-corrected chi connectivity index (χ0v) is 8.03. The molecule has 0 aliphatic carbocycles. The van der Waals surface area contributed by atoms with E-state index in [1.165, 1.54) is 24.8 Å². The van der Waals surface area contributed by atoms with Gasteiger partial charge in [0.1, 0.15) is 12.1 Å². The first-order valence-electron chi connectivity index (χ1n) is 4.89. The van der Waals surface area contributed by atoms with Crippen molar-refractivity contribution in [1.29, 1.82) is 0 Å². The Morgan fingerprint density at radius 1 is 1.23 bits per heavy atom. The van der Waals surface area contributed by atoms with Gasteiger partial charge in [-0.2, -0.15) is 0 Å². The number of aromatic nitrogens is 2. The normalized spacial score (nSPS) is 17.5. The minimum absolute atomic E-state index is 1.12. The van der Waals surface area contributed by atoms with E-state index in [1.807, 2.05) is 6.20 Å². The Kier molecular flexibility index (Phi) is 2.43. The summed E-state index contributed by atoms with van der Waals surface area (Å²) in [6, 6.07) is 0. The topological polar surface area (TPSA) is 29.0 Å². The van der Waals surface area contributed by atoms with Crippen LogP contribution in [0, 0.1) is 6.92 Å². The Bertz CT molecular complexity index is 279. The average Bonchev–Trinajstić information content (AvgIpc) is 2.20. The van der Waals surface area contributed by atoms with Crippen LogP contribution in [0.15, 0.2) is 12.5 Å². The van der Waals surface area contributed by atoms with Crippen LogP contribution in [0.3, 0.4) is 0 Å². The van der Waals surface area contributed by atoms with Crippen molar-refractivity contribution >= 4 is 5.82 Å². The largest absolute Gasteiger partial charge is 0.356 e. The van der Waals surface area contributed by atoms with E-state index in [1.54, 1.807) is 6.33 Å². The zero-order valence-electron chi connectivity index (χ0n) is 8.03. The summed E-state index contributed by atoms with van der Waals surface area (Å²) < 4.78 is 0. The van der Waals surface area contributed by atoms with Gasteiger partial charge in [-0.15, -0.1) is 0 Å². The van der Waals surface area contributed by atoms with Crippen LogP contribution >= 0.6 is 0 Å². The average molecular weight is 177 g/mol. The predicted octanol–water partition coefficient (Wildman–Crippen LogP) is 1.78. The second kappa shape index (κ2) is 3.73. The third-order valence-electron chi connectivity index (χ3n) is 2.52. The third-order valence-corrected chi connectivity index (χ3v) is 2.52. The van der Waals surface area contributed by atoms with E-state index in [4.69, 9.17) is 0 Å². The molecular weight excluding hydrogens is 162 g/mol. The molecule has 0 bridgehead atoms. The van der Waals surface area contributed by atoms with Crippen molar-refractivity contribution in [3.05, 3.63) is 18.1 Å². The molecule has 13 heavy (non-hydrogen) atoms. The number of aryl methyl sites for hydroxylation is 1. The molecular formula is C10H15N3. The van der Waals surface area contributed by atoms with Gasteiger partial charge in [0.05, 0.1) is 0 Å². The Hall–Kier alpha value is -1.12. The maximum atomic E-state index is 4.32. The van der Waals surface area contributed by atoms with Crippen LogP contribution in [0.1, 0.15) is 24.8 Å². The van der Waals surface area contributed by atoms with Crippen LogP contribution in [0.2, 0.25) is 0 Å². The number of anilines is 1. The van der Waals surface area contributed by atoms with Crippen molar-refractivity contribution < 1.29 is 0 Å². The second-order valence-corrected chi connectivity index (χ2v) is 3.58. The fourth-order valence-corrected chi connectivity index (χ4v) is 1.83. The summed E-state index contributed by atoms with van der Waals surface area (Å²) in [7, 11) is 0. The highest BCUT2D eigenvalue weighted by Crippen LogP contribution is 2.19. The lowest BCUT2D eigenvalue weighted by atomic mass is 10.1. The summed E-state index contributed by atoms with van der Waals surface area (Å²) in [4.78, 5) is 10.7. The molecule has 3 nitrogen and oxygen atoms in total. The molecule has 2 heterocycles. The van der Waals surface area contributed by atoms with Gasteiger partial charge in [-0.05, 0) is 26.2 Å². The van der Waals surface area contributed by atoms with Gasteiger partial charge in [0.25, 0.3) is 0 Å². The lowest BCUT2D eigenvalue weighted by molar-refractivity contribution is 0.572. The highest BCUT2D eigenvalue weighted by Gasteiger charge is 2.13. The van der Waals surface area contributed by atoms with Crippen LogP contribution in [-0.4, -0.2) is 23.1 Å². The van der Waals surface area contributed by atoms with Gasteiger partial charge in [0.15, 0.2) is 0 Å². The molecule has 0 amide bonds. The summed E-state index contributed by atoms with van der Waals surface area (Å²) in [6.45, 7) is 4.37. The first-order chi connectivity index (χ1) is 6.38. The first kappa shape index (κ1) is 8.48. The maximum Gasteiger partial charge on any atom is 0.134 e. The van der Waals surface area contributed by atoms with Crippen molar-refractivity contribution in [2.24, 2.45) is 0 Å². The van der Waals surface area contributed by atoms with Crippen molar-refractivity contribution in [2.75, 3.05) is 18.0 Å². The molecule has 0 N–H and O–H groups in total. The summed E-state index contributed by atoms with van der Waals surface area (Å²) >= 11 is 0. The molecule has 0 atom stereocenters. The summed E-state index contributed by atoms with van der Waals surface area (Å²) in [5.41, 5.74) is 1.18. The SMILES string of the molecule is Cc1cncnc1N1CCCCC1. The molecule has 0 radical (unpaired) electrons. The number of piperidine rings is 1. The van der Waals surface area contributed by atoms with E-state index in [9.17, 15) is 0 Å². The van der Waals surface area contributed by atoms with E-state index >= 15 is 0 Å². The molecule has 1 fully saturated rings. The summed E-state index contributed by atoms with van der Waals surface area (Å²) in [6.07, 6.45) is 7.47. The van der Waals surface area contributed by atoms with E-state index in [0.29, 0.717) is 0 Å². The lowest BCUT2D eigenvalue weighted by Gasteiger charge is -2.28. The minimum atomic E-state index is 1.12. The molecule has 0 aromatic carbocycles. The van der Waals surface area contributed by atoms with Crippen LogP contribution in [0.25, 0.3) is 0 Å². The van der Waals surface area contributed by atoms with Gasteiger partial charge < -0.3 is 4.90 Å². The smallest absolute Gasteiger partial charge is 0.134 e. The van der Waals surface area contributed by atoms with E-state index < -0.39 is 0 Å². The Morgan fingerprint density at radius 3 is 2.69 bits per heavy atom. The van der Waals surface area contributed by atoms with E-state index in [0.717, 1.165) is 18.9 Å². The number of hydrogen-bond donors (Lipinski definition) is 0. The highest BCUT2D eigenvalue weighted by atomic mass is 15.2. The highest BCUT2D eigenvalue weighted by molar-refractivity contribution is 5.44.